The van der Waals surface area contributed by atoms with Crippen LogP contribution in [0, 0.1) is 11.3 Å². The van der Waals surface area contributed by atoms with E-state index in [0.29, 0.717) is 0 Å². The van der Waals surface area contributed by atoms with Gasteiger partial charge in [-0.15, -0.1) is 0 Å². The molecule has 0 unspecified atom stereocenters. The molecule has 0 fully saturated rings. The van der Waals surface area contributed by atoms with Gasteiger partial charge in [-0.2, -0.15) is 5.26 Å². The molecule has 1 aromatic heterocycles. The number of hydrogen-bond donors (Lipinski definition) is 2. The third kappa shape index (κ3) is 2.67. The van der Waals surface area contributed by atoms with Gasteiger partial charge in [-0.25, -0.2) is 10.6 Å². The zero-order valence-electron chi connectivity index (χ0n) is 11.1. The van der Waals surface area contributed by atoms with Crippen LogP contribution in [0.5, 0.6) is 0 Å². The smallest absolute Gasteiger partial charge is 0.330 e. The number of nitriles is 1. The molecule has 1 aliphatic rings. The molecule has 10 heteroatoms. The molecule has 0 bridgehead atoms. The van der Waals surface area contributed by atoms with Crippen molar-refractivity contribution >= 4 is 11.6 Å². The quantitative estimate of drug-likeness (QED) is 0.359. The number of hydrazine groups is 1. The van der Waals surface area contributed by atoms with E-state index >= 15 is 0 Å². The summed E-state index contributed by atoms with van der Waals surface area (Å²) in [6, 6.07) is 1.72. The second kappa shape index (κ2) is 5.59. The lowest BCUT2D eigenvalue weighted by Gasteiger charge is -2.11. The van der Waals surface area contributed by atoms with Crippen molar-refractivity contribution in [2.45, 2.75) is 19.1 Å². The van der Waals surface area contributed by atoms with E-state index in [0.717, 1.165) is 10.8 Å². The molecule has 1 amide bonds. The SMILES string of the molecule is Cn1c(=O)c(C#N)cn(C[C@H]2CC(C(=O)NN)=NO2)c1=O. The molecule has 0 saturated carbocycles. The fourth-order valence-electron chi connectivity index (χ4n) is 1.90. The molecule has 0 aromatic carbocycles. The summed E-state index contributed by atoms with van der Waals surface area (Å²) in [6.45, 7) is 0.0481. The summed E-state index contributed by atoms with van der Waals surface area (Å²) in [5, 5.41) is 12.4. The van der Waals surface area contributed by atoms with Gasteiger partial charge in [-0.05, 0) is 0 Å². The van der Waals surface area contributed by atoms with Crippen molar-refractivity contribution in [1.82, 2.24) is 14.6 Å². The van der Waals surface area contributed by atoms with Gasteiger partial charge in [0.1, 0.15) is 17.3 Å². The number of carbonyl (C=O) groups is 1. The Labute approximate surface area is 118 Å². The van der Waals surface area contributed by atoms with Crippen LogP contribution >= 0.6 is 0 Å². The van der Waals surface area contributed by atoms with E-state index < -0.39 is 23.3 Å². The highest BCUT2D eigenvalue weighted by molar-refractivity contribution is 6.38. The second-order valence-electron chi connectivity index (χ2n) is 4.40. The average molecular weight is 292 g/mol. The van der Waals surface area contributed by atoms with Crippen molar-refractivity contribution in [3.63, 3.8) is 0 Å². The third-order valence-electron chi connectivity index (χ3n) is 3.00. The van der Waals surface area contributed by atoms with Gasteiger partial charge >= 0.3 is 5.69 Å². The minimum Gasteiger partial charge on any atom is -0.390 e. The van der Waals surface area contributed by atoms with E-state index in [9.17, 15) is 14.4 Å². The van der Waals surface area contributed by atoms with Gasteiger partial charge in [0.15, 0.2) is 6.10 Å². The Kier molecular flexibility index (Phi) is 3.86. The molecule has 2 heterocycles. The number of nitrogens with zero attached hydrogens (tertiary/aromatic N) is 4. The first kappa shape index (κ1) is 14.5. The zero-order chi connectivity index (χ0) is 15.6. The number of carbonyl (C=O) groups excluding carboxylic acids is 1. The van der Waals surface area contributed by atoms with Gasteiger partial charge in [0.2, 0.25) is 0 Å². The maximum Gasteiger partial charge on any atom is 0.330 e. The Bertz CT molecular complexity index is 768. The maximum atomic E-state index is 11.9. The van der Waals surface area contributed by atoms with E-state index in [1.807, 2.05) is 5.43 Å². The molecule has 0 radical (unpaired) electrons. The molecule has 10 nitrogen and oxygen atoms in total. The van der Waals surface area contributed by atoms with Crippen LogP contribution in [0.2, 0.25) is 0 Å². The van der Waals surface area contributed by atoms with Gasteiger partial charge in [0.05, 0.1) is 6.54 Å². The van der Waals surface area contributed by atoms with Crippen molar-refractivity contribution in [1.29, 1.82) is 5.26 Å². The highest BCUT2D eigenvalue weighted by Gasteiger charge is 2.26. The topological polar surface area (TPSA) is 144 Å². The van der Waals surface area contributed by atoms with E-state index in [1.165, 1.54) is 11.6 Å². The molecule has 0 spiro atoms. The van der Waals surface area contributed by atoms with Crippen LogP contribution in [0.25, 0.3) is 0 Å². The van der Waals surface area contributed by atoms with Gasteiger partial charge in [0.25, 0.3) is 11.5 Å². The lowest BCUT2D eigenvalue weighted by atomic mass is 10.1. The standard InChI is InChI=1S/C11H12N6O4/c1-16-10(19)6(3-12)4-17(11(16)20)5-7-2-8(15-21-7)9(18)14-13/h4,7H,2,5,13H2,1H3,(H,14,18)/t7-/m1/s1. The Hall–Kier alpha value is -2.93. The Morgan fingerprint density at radius 2 is 2.38 bits per heavy atom. The zero-order valence-corrected chi connectivity index (χ0v) is 11.1. The number of rotatable bonds is 3. The van der Waals surface area contributed by atoms with E-state index in [2.05, 4.69) is 5.16 Å². The predicted molar refractivity (Wildman–Crippen MR) is 69.9 cm³/mol. The Morgan fingerprint density at radius 3 is 3.00 bits per heavy atom. The lowest BCUT2D eigenvalue weighted by Crippen LogP contribution is -2.41. The first-order chi connectivity index (χ1) is 9.97. The van der Waals surface area contributed by atoms with Crippen LogP contribution in [-0.4, -0.2) is 26.9 Å². The molecule has 3 N–H and O–H groups in total. The summed E-state index contributed by atoms with van der Waals surface area (Å²) >= 11 is 0. The molecule has 2 rings (SSSR count). The number of oxime groups is 1. The lowest BCUT2D eigenvalue weighted by molar-refractivity contribution is -0.115. The molecule has 0 aliphatic carbocycles. The molecule has 1 aliphatic heterocycles. The number of aromatic nitrogens is 2. The minimum absolute atomic E-state index is 0.0481. The van der Waals surface area contributed by atoms with Crippen LogP contribution in [0.15, 0.2) is 20.9 Å². The summed E-state index contributed by atoms with van der Waals surface area (Å²) in [7, 11) is 1.28. The number of nitrogens with two attached hydrogens (primary N) is 1. The summed E-state index contributed by atoms with van der Waals surface area (Å²) in [5.41, 5.74) is 0.641. The third-order valence-corrected chi connectivity index (χ3v) is 3.00. The molecule has 21 heavy (non-hydrogen) atoms. The summed E-state index contributed by atoms with van der Waals surface area (Å²) in [6.07, 6.45) is 0.772. The first-order valence-corrected chi connectivity index (χ1v) is 5.92. The van der Waals surface area contributed by atoms with Crippen molar-refractivity contribution in [2.24, 2.45) is 18.0 Å². The monoisotopic (exact) mass is 292 g/mol. The fraction of sp³-hybridized carbons (Fsp3) is 0.364. The number of hydrogen-bond acceptors (Lipinski definition) is 7. The molecule has 1 atom stereocenters. The van der Waals surface area contributed by atoms with Crippen LogP contribution < -0.4 is 22.5 Å². The van der Waals surface area contributed by atoms with E-state index in [-0.39, 0.29) is 24.2 Å². The van der Waals surface area contributed by atoms with Crippen LogP contribution in [-0.2, 0) is 23.2 Å². The van der Waals surface area contributed by atoms with Gasteiger partial charge < -0.3 is 4.84 Å². The molecule has 1 aromatic rings. The number of amides is 1. The van der Waals surface area contributed by atoms with Crippen LogP contribution in [0.3, 0.4) is 0 Å². The largest absolute Gasteiger partial charge is 0.390 e. The van der Waals surface area contributed by atoms with Crippen molar-refractivity contribution in [3.8, 4) is 6.07 Å². The van der Waals surface area contributed by atoms with Crippen LogP contribution in [0.1, 0.15) is 12.0 Å². The highest BCUT2D eigenvalue weighted by Crippen LogP contribution is 2.12. The molecule has 110 valence electrons. The molecular weight excluding hydrogens is 280 g/mol. The van der Waals surface area contributed by atoms with Gasteiger partial charge in [-0.3, -0.25) is 24.1 Å². The van der Waals surface area contributed by atoms with Crippen molar-refractivity contribution in [2.75, 3.05) is 0 Å². The predicted octanol–water partition coefficient (Wildman–Crippen LogP) is -2.45. The van der Waals surface area contributed by atoms with Crippen LogP contribution in [0.4, 0.5) is 0 Å². The fourth-order valence-corrected chi connectivity index (χ4v) is 1.90. The maximum absolute atomic E-state index is 11.9. The van der Waals surface area contributed by atoms with Crippen molar-refractivity contribution < 1.29 is 9.63 Å². The number of nitrogens with one attached hydrogen (secondary N) is 1. The van der Waals surface area contributed by atoms with Gasteiger partial charge in [-0.1, -0.05) is 5.16 Å². The average Bonchev–Trinajstić information content (AvgIpc) is 2.95. The highest BCUT2D eigenvalue weighted by atomic mass is 16.6. The Morgan fingerprint density at radius 1 is 1.67 bits per heavy atom. The summed E-state index contributed by atoms with van der Waals surface area (Å²) < 4.78 is 2.01. The second-order valence-corrected chi connectivity index (χ2v) is 4.40. The van der Waals surface area contributed by atoms with Gasteiger partial charge in [0, 0.05) is 19.7 Å². The normalized spacial score (nSPS) is 16.8. The summed E-state index contributed by atoms with van der Waals surface area (Å²) in [4.78, 5) is 39.8. The molecule has 0 saturated heterocycles. The minimum atomic E-state index is -0.662. The van der Waals surface area contributed by atoms with E-state index in [1.54, 1.807) is 6.07 Å². The first-order valence-electron chi connectivity index (χ1n) is 5.92. The molecular formula is C11H12N6O4. The Balaban J connectivity index is 2.22. The summed E-state index contributed by atoms with van der Waals surface area (Å²) in [5.74, 6) is 4.42. The van der Waals surface area contributed by atoms with E-state index in [4.69, 9.17) is 15.9 Å². The van der Waals surface area contributed by atoms with Crippen molar-refractivity contribution in [3.05, 3.63) is 32.6 Å².